The zero-order chi connectivity index (χ0) is 11.4. The van der Waals surface area contributed by atoms with Crippen molar-refractivity contribution in [1.82, 2.24) is 24.9 Å². The summed E-state index contributed by atoms with van der Waals surface area (Å²) in [5.74, 6) is -0.485. The molecule has 0 aromatic carbocycles. The molecule has 0 amide bonds. The summed E-state index contributed by atoms with van der Waals surface area (Å²) in [6, 6.07) is 0. The largest absolute Gasteiger partial charge is 0.481 e. The van der Waals surface area contributed by atoms with Gasteiger partial charge in [0, 0.05) is 0 Å². The number of hydrogen-bond donors (Lipinski definition) is 1. The molecule has 0 unspecified atom stereocenters. The highest BCUT2D eigenvalue weighted by Crippen LogP contribution is 2.14. The lowest BCUT2D eigenvalue weighted by molar-refractivity contribution is -0.133. The Kier molecular flexibility index (Phi) is 3.15. The van der Waals surface area contributed by atoms with Gasteiger partial charge < -0.3 is 14.2 Å². The van der Waals surface area contributed by atoms with E-state index in [0.717, 1.165) is 11.8 Å². The van der Waals surface area contributed by atoms with Crippen LogP contribution in [0.15, 0.2) is 22.4 Å². The van der Waals surface area contributed by atoms with Gasteiger partial charge in [0.05, 0.1) is 12.3 Å². The van der Waals surface area contributed by atoms with Crippen molar-refractivity contribution < 1.29 is 14.4 Å². The molecule has 16 heavy (non-hydrogen) atoms. The summed E-state index contributed by atoms with van der Waals surface area (Å²) in [4.78, 5) is 14.3. The maximum atomic E-state index is 10.4. The molecule has 1 N–H and O–H groups in total. The highest BCUT2D eigenvalue weighted by Gasteiger charge is 2.09. The molecule has 0 saturated carbocycles. The topological polar surface area (TPSA) is 107 Å². The van der Waals surface area contributed by atoms with Crippen molar-refractivity contribution in [1.29, 1.82) is 0 Å². The lowest BCUT2D eigenvalue weighted by Gasteiger charge is -2.00. The quantitative estimate of drug-likeness (QED) is 0.722. The lowest BCUT2D eigenvalue weighted by atomic mass is 10.6. The minimum absolute atomic E-state index is 0.0645. The molecule has 2 aromatic rings. The number of thioether (sulfide) groups is 1. The van der Waals surface area contributed by atoms with Gasteiger partial charge in [-0.15, -0.1) is 10.2 Å². The first-order chi connectivity index (χ1) is 7.75. The predicted molar refractivity (Wildman–Crippen MR) is 51.8 cm³/mol. The van der Waals surface area contributed by atoms with E-state index in [1.165, 1.54) is 12.7 Å². The van der Waals surface area contributed by atoms with E-state index < -0.39 is 5.97 Å². The van der Waals surface area contributed by atoms with E-state index in [1.807, 2.05) is 0 Å². The Morgan fingerprint density at radius 3 is 3.19 bits per heavy atom. The normalized spacial score (nSPS) is 10.5. The fraction of sp³-hybridized carbons (Fsp3) is 0.286. The van der Waals surface area contributed by atoms with E-state index in [1.54, 1.807) is 4.57 Å². The van der Waals surface area contributed by atoms with Gasteiger partial charge in [0.2, 0.25) is 6.39 Å². The van der Waals surface area contributed by atoms with E-state index in [4.69, 9.17) is 5.11 Å². The maximum Gasteiger partial charge on any atom is 0.313 e. The minimum atomic E-state index is -0.904. The number of rotatable bonds is 5. The maximum absolute atomic E-state index is 10.4. The summed E-state index contributed by atoms with van der Waals surface area (Å²) in [6.07, 6.45) is 2.71. The lowest BCUT2D eigenvalue weighted by Crippen LogP contribution is -2.04. The Morgan fingerprint density at radius 1 is 1.62 bits per heavy atom. The second-order valence-corrected chi connectivity index (χ2v) is 3.71. The van der Waals surface area contributed by atoms with Crippen LogP contribution in [0.2, 0.25) is 0 Å². The molecule has 84 valence electrons. The van der Waals surface area contributed by atoms with E-state index in [-0.39, 0.29) is 5.75 Å². The Balaban J connectivity index is 2.04. The first-order valence-corrected chi connectivity index (χ1v) is 5.22. The first kappa shape index (κ1) is 10.6. The number of carboxylic acids is 1. The van der Waals surface area contributed by atoms with Crippen LogP contribution < -0.4 is 0 Å². The van der Waals surface area contributed by atoms with Gasteiger partial charge in [0.15, 0.2) is 11.0 Å². The van der Waals surface area contributed by atoms with Crippen molar-refractivity contribution in [3.05, 3.63) is 18.5 Å². The molecule has 0 fully saturated rings. The van der Waals surface area contributed by atoms with E-state index in [2.05, 4.69) is 24.9 Å². The summed E-state index contributed by atoms with van der Waals surface area (Å²) >= 11 is 1.09. The number of hydrogen-bond acceptors (Lipinski definition) is 7. The summed E-state index contributed by atoms with van der Waals surface area (Å²) in [7, 11) is 0. The van der Waals surface area contributed by atoms with Crippen LogP contribution in [0.5, 0.6) is 0 Å². The summed E-state index contributed by atoms with van der Waals surface area (Å²) < 4.78 is 6.24. The highest BCUT2D eigenvalue weighted by atomic mass is 32.2. The smallest absolute Gasteiger partial charge is 0.313 e. The molecule has 2 heterocycles. The number of aromatic nitrogens is 5. The second-order valence-electron chi connectivity index (χ2n) is 2.77. The molecule has 0 saturated heterocycles. The van der Waals surface area contributed by atoms with E-state index in [0.29, 0.717) is 17.5 Å². The average Bonchev–Trinajstić information content (AvgIpc) is 2.87. The van der Waals surface area contributed by atoms with Crippen molar-refractivity contribution in [2.24, 2.45) is 0 Å². The second kappa shape index (κ2) is 4.75. The van der Waals surface area contributed by atoms with Crippen LogP contribution in [0.25, 0.3) is 0 Å². The van der Waals surface area contributed by atoms with E-state index >= 15 is 0 Å². The van der Waals surface area contributed by atoms with Crippen LogP contribution in [0.1, 0.15) is 5.82 Å². The van der Waals surface area contributed by atoms with Gasteiger partial charge in [-0.2, -0.15) is 4.98 Å². The monoisotopic (exact) mass is 241 g/mol. The molecule has 2 aromatic heterocycles. The first-order valence-electron chi connectivity index (χ1n) is 4.23. The predicted octanol–water partition coefficient (Wildman–Crippen LogP) is -0.114. The summed E-state index contributed by atoms with van der Waals surface area (Å²) in [5.41, 5.74) is 0. The molecule has 0 aliphatic carbocycles. The Morgan fingerprint density at radius 2 is 2.50 bits per heavy atom. The highest BCUT2D eigenvalue weighted by molar-refractivity contribution is 7.99. The van der Waals surface area contributed by atoms with Crippen molar-refractivity contribution in [2.75, 3.05) is 5.75 Å². The van der Waals surface area contributed by atoms with Crippen LogP contribution in [0, 0.1) is 0 Å². The molecule has 0 aliphatic rings. The van der Waals surface area contributed by atoms with Crippen LogP contribution in [-0.2, 0) is 11.3 Å². The summed E-state index contributed by atoms with van der Waals surface area (Å²) in [6.45, 7) is 0.353. The van der Waals surface area contributed by atoms with E-state index in [9.17, 15) is 4.79 Å². The molecule has 0 atom stereocenters. The van der Waals surface area contributed by atoms with Gasteiger partial charge in [-0.1, -0.05) is 16.9 Å². The third kappa shape index (κ3) is 2.57. The molecule has 2 rings (SSSR count). The van der Waals surface area contributed by atoms with Crippen LogP contribution in [0.3, 0.4) is 0 Å². The van der Waals surface area contributed by atoms with Crippen LogP contribution in [-0.4, -0.2) is 41.7 Å². The van der Waals surface area contributed by atoms with Gasteiger partial charge >= 0.3 is 5.97 Å². The molecular formula is C7H7N5O3S. The molecule has 0 bridgehead atoms. The summed E-state index contributed by atoms with van der Waals surface area (Å²) in [5, 5.41) is 20.2. The number of carboxylic acid groups (broad SMARTS) is 1. The fourth-order valence-corrected chi connectivity index (χ4v) is 1.64. The third-order valence-corrected chi connectivity index (χ3v) is 2.59. The number of carbonyl (C=O) groups is 1. The molecule has 0 radical (unpaired) electrons. The zero-order valence-corrected chi connectivity index (χ0v) is 8.79. The Labute approximate surface area is 93.7 Å². The van der Waals surface area contributed by atoms with Crippen LogP contribution in [0.4, 0.5) is 0 Å². The van der Waals surface area contributed by atoms with Gasteiger partial charge in [-0.25, -0.2) is 0 Å². The average molecular weight is 241 g/mol. The zero-order valence-electron chi connectivity index (χ0n) is 7.98. The number of aliphatic carboxylic acids is 1. The number of nitrogens with zero attached hydrogens (tertiary/aromatic N) is 5. The van der Waals surface area contributed by atoms with Crippen molar-refractivity contribution in [3.8, 4) is 0 Å². The molecule has 0 aliphatic heterocycles. The Bertz CT molecular complexity index is 468. The Hall–Kier alpha value is -1.90. The van der Waals surface area contributed by atoms with Crippen LogP contribution >= 0.6 is 11.8 Å². The van der Waals surface area contributed by atoms with Crippen molar-refractivity contribution in [2.45, 2.75) is 11.7 Å². The molecular weight excluding hydrogens is 234 g/mol. The van der Waals surface area contributed by atoms with Gasteiger partial charge in [-0.05, 0) is 0 Å². The van der Waals surface area contributed by atoms with Crippen molar-refractivity contribution >= 4 is 17.7 Å². The van der Waals surface area contributed by atoms with Gasteiger partial charge in [0.1, 0.15) is 6.33 Å². The minimum Gasteiger partial charge on any atom is -0.481 e. The van der Waals surface area contributed by atoms with Gasteiger partial charge in [0.25, 0.3) is 0 Å². The van der Waals surface area contributed by atoms with Gasteiger partial charge in [-0.3, -0.25) is 4.79 Å². The van der Waals surface area contributed by atoms with Crippen molar-refractivity contribution in [3.63, 3.8) is 0 Å². The molecule has 8 nitrogen and oxygen atoms in total. The third-order valence-electron chi connectivity index (χ3n) is 1.62. The fourth-order valence-electron chi connectivity index (χ4n) is 1.01. The molecule has 9 heteroatoms. The molecule has 0 spiro atoms. The SMILES string of the molecule is O=C(O)CSc1nncn1Cc1ncon1. The standard InChI is InChI=1S/C7H7N5O3S/c13-6(14)2-16-7-10-9-3-12(7)1-5-8-4-15-11-5/h3-4H,1-2H2,(H,13,14).